The molecule has 0 saturated carbocycles. The minimum Gasteiger partial charge on any atom is -0.490 e. The second-order valence-corrected chi connectivity index (χ2v) is 7.24. The van der Waals surface area contributed by atoms with Gasteiger partial charge < -0.3 is 20.1 Å². The van der Waals surface area contributed by atoms with Crippen molar-refractivity contribution >= 4 is 23.4 Å². The largest absolute Gasteiger partial charge is 0.490 e. The molecule has 2 N–H and O–H groups in total. The van der Waals surface area contributed by atoms with E-state index in [0.717, 1.165) is 24.2 Å². The van der Waals surface area contributed by atoms with E-state index >= 15 is 0 Å². The van der Waals surface area contributed by atoms with Crippen molar-refractivity contribution in [2.75, 3.05) is 19.7 Å². The van der Waals surface area contributed by atoms with Gasteiger partial charge in [-0.2, -0.15) is 0 Å². The van der Waals surface area contributed by atoms with E-state index in [-0.39, 0.29) is 18.6 Å². The topological polar surface area (TPSA) is 81.9 Å². The fourth-order valence-electron chi connectivity index (χ4n) is 3.10. The summed E-state index contributed by atoms with van der Waals surface area (Å²) in [5.41, 5.74) is 6.49. The Balaban J connectivity index is 1.58. The number of benzene rings is 2. The number of rotatable bonds is 6. The third kappa shape index (κ3) is 5.16. The Morgan fingerprint density at radius 2 is 1.82 bits per heavy atom. The SMILES string of the molecule is Cc1ccc(C(=O)N2CCC(Oc3ccc(Cl)cc3)CC2)cc1OCC(N)=O. The average molecular weight is 403 g/mol. The number of hydrogen-bond donors (Lipinski definition) is 1. The number of carbonyl (C=O) groups is 2. The molecule has 1 aliphatic rings. The lowest BCUT2D eigenvalue weighted by atomic mass is 10.0. The standard InChI is InChI=1S/C21H23ClN2O4/c1-14-2-3-15(12-19(14)27-13-20(23)25)21(26)24-10-8-18(9-11-24)28-17-6-4-16(22)5-7-17/h2-7,12,18H,8-11,13H2,1H3,(H2,23,25). The number of likely N-dealkylation sites (tertiary alicyclic amines) is 1. The molecule has 0 unspecified atom stereocenters. The van der Waals surface area contributed by atoms with Gasteiger partial charge in [0.25, 0.3) is 11.8 Å². The maximum absolute atomic E-state index is 12.8. The predicted molar refractivity (Wildman–Crippen MR) is 107 cm³/mol. The molecule has 0 aromatic heterocycles. The highest BCUT2D eigenvalue weighted by molar-refractivity contribution is 6.30. The van der Waals surface area contributed by atoms with Gasteiger partial charge in [0.1, 0.15) is 17.6 Å². The highest BCUT2D eigenvalue weighted by Crippen LogP contribution is 2.24. The molecule has 3 rings (SSSR count). The molecule has 0 bridgehead atoms. The quantitative estimate of drug-likeness (QED) is 0.804. The summed E-state index contributed by atoms with van der Waals surface area (Å²) in [6, 6.07) is 12.5. The maximum Gasteiger partial charge on any atom is 0.255 e. The zero-order chi connectivity index (χ0) is 20.1. The van der Waals surface area contributed by atoms with E-state index < -0.39 is 5.91 Å². The number of aryl methyl sites for hydroxylation is 1. The second-order valence-electron chi connectivity index (χ2n) is 6.80. The first-order valence-corrected chi connectivity index (χ1v) is 9.53. The van der Waals surface area contributed by atoms with Gasteiger partial charge in [0.15, 0.2) is 6.61 Å². The molecule has 0 atom stereocenters. The van der Waals surface area contributed by atoms with E-state index in [1.54, 1.807) is 30.3 Å². The lowest BCUT2D eigenvalue weighted by Gasteiger charge is -2.32. The number of halogens is 1. The number of amides is 2. The van der Waals surface area contributed by atoms with Crippen LogP contribution >= 0.6 is 11.6 Å². The van der Waals surface area contributed by atoms with Crippen LogP contribution in [0, 0.1) is 6.92 Å². The maximum atomic E-state index is 12.8. The van der Waals surface area contributed by atoms with Gasteiger partial charge in [-0.25, -0.2) is 0 Å². The van der Waals surface area contributed by atoms with Crippen LogP contribution in [-0.4, -0.2) is 42.5 Å². The molecule has 1 fully saturated rings. The Bertz CT molecular complexity index is 846. The van der Waals surface area contributed by atoms with Crippen LogP contribution in [0.3, 0.4) is 0 Å². The Labute approximate surface area is 169 Å². The molecule has 2 aromatic rings. The summed E-state index contributed by atoms with van der Waals surface area (Å²) in [5.74, 6) is 0.655. The normalized spacial score (nSPS) is 14.6. The number of primary amides is 1. The first-order chi connectivity index (χ1) is 13.4. The van der Waals surface area contributed by atoms with E-state index in [9.17, 15) is 9.59 Å². The third-order valence-electron chi connectivity index (χ3n) is 4.65. The minimum atomic E-state index is -0.557. The van der Waals surface area contributed by atoms with Crippen molar-refractivity contribution in [1.29, 1.82) is 0 Å². The molecular formula is C21H23ClN2O4. The monoisotopic (exact) mass is 402 g/mol. The van der Waals surface area contributed by atoms with Gasteiger partial charge in [-0.15, -0.1) is 0 Å². The number of carbonyl (C=O) groups excluding carboxylic acids is 2. The number of nitrogens with two attached hydrogens (primary N) is 1. The fourth-order valence-corrected chi connectivity index (χ4v) is 3.23. The lowest BCUT2D eigenvalue weighted by molar-refractivity contribution is -0.119. The van der Waals surface area contributed by atoms with Gasteiger partial charge in [0.05, 0.1) is 0 Å². The van der Waals surface area contributed by atoms with Crippen LogP contribution in [0.5, 0.6) is 11.5 Å². The summed E-state index contributed by atoms with van der Waals surface area (Å²) in [6.07, 6.45) is 1.58. The molecule has 0 aliphatic carbocycles. The van der Waals surface area contributed by atoms with E-state index in [1.165, 1.54) is 0 Å². The highest BCUT2D eigenvalue weighted by Gasteiger charge is 2.25. The number of nitrogens with zero attached hydrogens (tertiary/aromatic N) is 1. The Morgan fingerprint density at radius 3 is 2.46 bits per heavy atom. The molecule has 28 heavy (non-hydrogen) atoms. The van der Waals surface area contributed by atoms with Gasteiger partial charge in [-0.05, 0) is 48.9 Å². The summed E-state index contributed by atoms with van der Waals surface area (Å²) < 4.78 is 11.4. The second kappa shape index (κ2) is 8.97. The molecule has 2 aromatic carbocycles. The number of hydrogen-bond acceptors (Lipinski definition) is 4. The van der Waals surface area contributed by atoms with Crippen LogP contribution in [0.1, 0.15) is 28.8 Å². The van der Waals surface area contributed by atoms with Crippen LogP contribution in [0.4, 0.5) is 0 Å². The lowest BCUT2D eigenvalue weighted by Crippen LogP contribution is -2.41. The van der Waals surface area contributed by atoms with Crippen molar-refractivity contribution in [2.24, 2.45) is 5.73 Å². The van der Waals surface area contributed by atoms with Gasteiger partial charge in [-0.1, -0.05) is 17.7 Å². The number of piperidine rings is 1. The van der Waals surface area contributed by atoms with Gasteiger partial charge in [0.2, 0.25) is 0 Å². The molecule has 2 amide bonds. The Kier molecular flexibility index (Phi) is 6.41. The molecule has 148 valence electrons. The van der Waals surface area contributed by atoms with Crippen molar-refractivity contribution < 1.29 is 19.1 Å². The molecule has 0 radical (unpaired) electrons. The molecule has 1 heterocycles. The van der Waals surface area contributed by atoms with Crippen LogP contribution in [0.15, 0.2) is 42.5 Å². The highest BCUT2D eigenvalue weighted by atomic mass is 35.5. The molecule has 1 saturated heterocycles. The van der Waals surface area contributed by atoms with Crippen molar-refractivity contribution in [3.8, 4) is 11.5 Å². The van der Waals surface area contributed by atoms with Crippen molar-refractivity contribution in [2.45, 2.75) is 25.9 Å². The predicted octanol–water partition coefficient (Wildman–Crippen LogP) is 3.20. The average Bonchev–Trinajstić information content (AvgIpc) is 2.69. The molecule has 1 aliphatic heterocycles. The summed E-state index contributed by atoms with van der Waals surface area (Å²) in [4.78, 5) is 25.6. The van der Waals surface area contributed by atoms with E-state index in [4.69, 9.17) is 26.8 Å². The zero-order valence-electron chi connectivity index (χ0n) is 15.7. The smallest absolute Gasteiger partial charge is 0.255 e. The van der Waals surface area contributed by atoms with E-state index in [0.29, 0.717) is 29.4 Å². The van der Waals surface area contributed by atoms with Crippen molar-refractivity contribution in [3.63, 3.8) is 0 Å². The molecular weight excluding hydrogens is 380 g/mol. The third-order valence-corrected chi connectivity index (χ3v) is 4.90. The zero-order valence-corrected chi connectivity index (χ0v) is 16.4. The number of ether oxygens (including phenoxy) is 2. The van der Waals surface area contributed by atoms with Crippen molar-refractivity contribution in [3.05, 3.63) is 58.6 Å². The Morgan fingerprint density at radius 1 is 1.14 bits per heavy atom. The fraction of sp³-hybridized carbons (Fsp3) is 0.333. The summed E-state index contributed by atoms with van der Waals surface area (Å²) in [7, 11) is 0. The van der Waals surface area contributed by atoms with Crippen molar-refractivity contribution in [1.82, 2.24) is 4.90 Å². The minimum absolute atomic E-state index is 0.0612. The first-order valence-electron chi connectivity index (χ1n) is 9.15. The van der Waals surface area contributed by atoms with E-state index in [2.05, 4.69) is 0 Å². The van der Waals surface area contributed by atoms with E-state index in [1.807, 2.05) is 24.0 Å². The Hall–Kier alpha value is -2.73. The van der Waals surface area contributed by atoms with Crippen LogP contribution in [0.25, 0.3) is 0 Å². The van der Waals surface area contributed by atoms with Crippen LogP contribution in [0.2, 0.25) is 5.02 Å². The first kappa shape index (κ1) is 20.0. The van der Waals surface area contributed by atoms with Gasteiger partial charge in [-0.3, -0.25) is 9.59 Å². The molecule has 7 heteroatoms. The summed E-state index contributed by atoms with van der Waals surface area (Å²) in [5, 5.41) is 0.671. The van der Waals surface area contributed by atoms with Gasteiger partial charge >= 0.3 is 0 Å². The molecule has 6 nitrogen and oxygen atoms in total. The molecule has 0 spiro atoms. The van der Waals surface area contributed by atoms with Crippen LogP contribution < -0.4 is 15.2 Å². The van der Waals surface area contributed by atoms with Crippen LogP contribution in [-0.2, 0) is 4.79 Å². The summed E-state index contributed by atoms with van der Waals surface area (Å²) >= 11 is 5.89. The van der Waals surface area contributed by atoms with Gasteiger partial charge in [0, 0.05) is 36.5 Å². The summed E-state index contributed by atoms with van der Waals surface area (Å²) in [6.45, 7) is 2.86.